The Labute approximate surface area is 152 Å². The predicted octanol–water partition coefficient (Wildman–Crippen LogP) is 2.74. The van der Waals surface area contributed by atoms with E-state index < -0.39 is 0 Å². The van der Waals surface area contributed by atoms with Crippen LogP contribution in [0.1, 0.15) is 32.6 Å². The Hall–Kier alpha value is -2.57. The van der Waals surface area contributed by atoms with Crippen molar-refractivity contribution in [2.45, 2.75) is 39.7 Å². The molecule has 2 aromatic rings. The van der Waals surface area contributed by atoms with Gasteiger partial charge in [0.15, 0.2) is 11.5 Å². The number of nitrogens with one attached hydrogen (secondary N) is 1. The third kappa shape index (κ3) is 3.98. The molecule has 26 heavy (non-hydrogen) atoms. The Morgan fingerprint density at radius 1 is 1.38 bits per heavy atom. The Balaban J connectivity index is 1.56. The average molecular weight is 359 g/mol. The molecular weight excluding hydrogens is 334 g/mol. The number of carbonyl (C=O) groups is 2. The summed E-state index contributed by atoms with van der Waals surface area (Å²) >= 11 is 0. The van der Waals surface area contributed by atoms with E-state index in [-0.39, 0.29) is 23.8 Å². The molecule has 0 radical (unpaired) electrons. The maximum absolute atomic E-state index is 12.7. The number of esters is 1. The first kappa shape index (κ1) is 18.2. The summed E-state index contributed by atoms with van der Waals surface area (Å²) in [7, 11) is 0. The Kier molecular flexibility index (Phi) is 5.44. The van der Waals surface area contributed by atoms with Gasteiger partial charge < -0.3 is 19.4 Å². The van der Waals surface area contributed by atoms with Crippen molar-refractivity contribution >= 4 is 28.7 Å². The van der Waals surface area contributed by atoms with Crippen molar-refractivity contribution in [3.8, 4) is 0 Å². The van der Waals surface area contributed by atoms with Gasteiger partial charge in [-0.1, -0.05) is 0 Å². The normalized spacial score (nSPS) is 16.5. The van der Waals surface area contributed by atoms with Gasteiger partial charge in [-0.05, 0) is 44.9 Å². The number of anilines is 1. The van der Waals surface area contributed by atoms with Crippen molar-refractivity contribution < 1.29 is 18.7 Å². The summed E-state index contributed by atoms with van der Waals surface area (Å²) in [4.78, 5) is 30.6. The SMILES string of the molecule is CCOC(=O)C1CCN(C(=O)C(C)Nc2ccc3oc(C)nc3c2)CC1. The topological polar surface area (TPSA) is 84.7 Å². The molecule has 140 valence electrons. The number of aromatic nitrogens is 1. The molecule has 1 saturated heterocycles. The van der Waals surface area contributed by atoms with Gasteiger partial charge in [-0.2, -0.15) is 0 Å². The zero-order valence-electron chi connectivity index (χ0n) is 15.4. The van der Waals surface area contributed by atoms with Crippen LogP contribution >= 0.6 is 0 Å². The quantitative estimate of drug-likeness (QED) is 0.827. The highest BCUT2D eigenvalue weighted by atomic mass is 16.5. The highest BCUT2D eigenvalue weighted by molar-refractivity contribution is 5.86. The molecule has 0 spiro atoms. The Bertz CT molecular complexity index is 793. The average Bonchev–Trinajstić information content (AvgIpc) is 3.00. The fourth-order valence-electron chi connectivity index (χ4n) is 3.31. The maximum atomic E-state index is 12.7. The van der Waals surface area contributed by atoms with E-state index >= 15 is 0 Å². The lowest BCUT2D eigenvalue weighted by atomic mass is 9.96. The van der Waals surface area contributed by atoms with Gasteiger partial charge in [0, 0.05) is 25.7 Å². The number of fused-ring (bicyclic) bond motifs is 1. The second-order valence-electron chi connectivity index (χ2n) is 6.63. The number of oxazole rings is 1. The largest absolute Gasteiger partial charge is 0.466 e. The summed E-state index contributed by atoms with van der Waals surface area (Å²) in [5.74, 6) is 0.400. The molecule has 1 aromatic heterocycles. The minimum Gasteiger partial charge on any atom is -0.466 e. The van der Waals surface area contributed by atoms with Crippen molar-refractivity contribution in [1.29, 1.82) is 0 Å². The first-order chi connectivity index (χ1) is 12.5. The van der Waals surface area contributed by atoms with Gasteiger partial charge in [0.25, 0.3) is 0 Å². The van der Waals surface area contributed by atoms with E-state index in [4.69, 9.17) is 9.15 Å². The van der Waals surface area contributed by atoms with Crippen LogP contribution in [0.4, 0.5) is 5.69 Å². The van der Waals surface area contributed by atoms with Crippen LogP contribution < -0.4 is 5.32 Å². The van der Waals surface area contributed by atoms with Gasteiger partial charge in [-0.25, -0.2) is 4.98 Å². The summed E-state index contributed by atoms with van der Waals surface area (Å²) in [5, 5.41) is 3.23. The molecule has 1 N–H and O–H groups in total. The van der Waals surface area contributed by atoms with E-state index in [2.05, 4.69) is 10.3 Å². The van der Waals surface area contributed by atoms with Gasteiger partial charge in [0.1, 0.15) is 11.6 Å². The van der Waals surface area contributed by atoms with E-state index in [1.54, 1.807) is 6.92 Å². The minimum atomic E-state index is -0.361. The second kappa shape index (κ2) is 7.76. The molecule has 7 heteroatoms. The number of likely N-dealkylation sites (tertiary alicyclic amines) is 1. The van der Waals surface area contributed by atoms with Crippen molar-refractivity contribution in [2.24, 2.45) is 5.92 Å². The molecule has 0 bridgehead atoms. The number of hydrogen-bond donors (Lipinski definition) is 1. The maximum Gasteiger partial charge on any atom is 0.309 e. The lowest BCUT2D eigenvalue weighted by Crippen LogP contribution is -2.46. The zero-order chi connectivity index (χ0) is 18.7. The number of piperidine rings is 1. The van der Waals surface area contributed by atoms with Crippen LogP contribution in [0.25, 0.3) is 11.1 Å². The summed E-state index contributed by atoms with van der Waals surface area (Å²) in [5.41, 5.74) is 2.32. The van der Waals surface area contributed by atoms with Gasteiger partial charge >= 0.3 is 5.97 Å². The molecule has 3 rings (SSSR count). The number of ether oxygens (including phenoxy) is 1. The highest BCUT2D eigenvalue weighted by Gasteiger charge is 2.30. The molecule has 1 fully saturated rings. The van der Waals surface area contributed by atoms with Crippen LogP contribution in [0, 0.1) is 12.8 Å². The summed E-state index contributed by atoms with van der Waals surface area (Å²) in [6, 6.07) is 5.24. The lowest BCUT2D eigenvalue weighted by molar-refractivity contribution is -0.151. The fourth-order valence-corrected chi connectivity index (χ4v) is 3.31. The number of benzene rings is 1. The van der Waals surface area contributed by atoms with Gasteiger partial charge in [-0.15, -0.1) is 0 Å². The molecule has 1 aromatic carbocycles. The molecule has 0 saturated carbocycles. The van der Waals surface area contributed by atoms with E-state index in [0.717, 1.165) is 16.8 Å². The van der Waals surface area contributed by atoms with Crippen molar-refractivity contribution in [3.63, 3.8) is 0 Å². The molecule has 1 unspecified atom stereocenters. The molecule has 0 aliphatic carbocycles. The first-order valence-corrected chi connectivity index (χ1v) is 9.07. The van der Waals surface area contributed by atoms with E-state index in [9.17, 15) is 9.59 Å². The summed E-state index contributed by atoms with van der Waals surface area (Å²) < 4.78 is 10.5. The standard InChI is InChI=1S/C19H25N3O4/c1-4-25-19(24)14-7-9-22(10-8-14)18(23)12(2)20-15-5-6-17-16(11-15)21-13(3)26-17/h5-6,11-12,14,20H,4,7-10H2,1-3H3. The molecule has 1 aliphatic heterocycles. The van der Waals surface area contributed by atoms with Gasteiger partial charge in [0.2, 0.25) is 5.91 Å². The predicted molar refractivity (Wildman–Crippen MR) is 97.8 cm³/mol. The summed E-state index contributed by atoms with van der Waals surface area (Å²) in [6.45, 7) is 7.01. The number of aryl methyl sites for hydroxylation is 1. The number of rotatable bonds is 5. The van der Waals surface area contributed by atoms with Crippen LogP contribution in [0.5, 0.6) is 0 Å². The monoisotopic (exact) mass is 359 g/mol. The lowest BCUT2D eigenvalue weighted by Gasteiger charge is -2.33. The van der Waals surface area contributed by atoms with E-state index in [0.29, 0.717) is 38.4 Å². The Morgan fingerprint density at radius 2 is 2.12 bits per heavy atom. The fraction of sp³-hybridized carbons (Fsp3) is 0.526. The number of nitrogens with zero attached hydrogens (tertiary/aromatic N) is 2. The van der Waals surface area contributed by atoms with Crippen molar-refractivity contribution in [2.75, 3.05) is 25.0 Å². The van der Waals surface area contributed by atoms with Crippen molar-refractivity contribution in [1.82, 2.24) is 9.88 Å². The van der Waals surface area contributed by atoms with E-state index in [1.807, 2.05) is 36.9 Å². The summed E-state index contributed by atoms with van der Waals surface area (Å²) in [6.07, 6.45) is 1.31. The van der Waals surface area contributed by atoms with Crippen LogP contribution in [-0.2, 0) is 14.3 Å². The minimum absolute atomic E-state index is 0.0312. The van der Waals surface area contributed by atoms with Crippen LogP contribution in [0.15, 0.2) is 22.6 Å². The number of amides is 1. The van der Waals surface area contributed by atoms with Crippen LogP contribution in [0.3, 0.4) is 0 Å². The Morgan fingerprint density at radius 3 is 2.81 bits per heavy atom. The highest BCUT2D eigenvalue weighted by Crippen LogP contribution is 2.22. The zero-order valence-corrected chi connectivity index (χ0v) is 15.4. The van der Waals surface area contributed by atoms with Crippen LogP contribution in [-0.4, -0.2) is 47.5 Å². The smallest absolute Gasteiger partial charge is 0.309 e. The van der Waals surface area contributed by atoms with Gasteiger partial charge in [-0.3, -0.25) is 9.59 Å². The number of hydrogen-bond acceptors (Lipinski definition) is 6. The van der Waals surface area contributed by atoms with Crippen LogP contribution in [0.2, 0.25) is 0 Å². The molecule has 2 heterocycles. The third-order valence-electron chi connectivity index (χ3n) is 4.67. The third-order valence-corrected chi connectivity index (χ3v) is 4.67. The molecule has 1 atom stereocenters. The first-order valence-electron chi connectivity index (χ1n) is 9.07. The van der Waals surface area contributed by atoms with Gasteiger partial charge in [0.05, 0.1) is 12.5 Å². The second-order valence-corrected chi connectivity index (χ2v) is 6.63. The number of carbonyl (C=O) groups excluding carboxylic acids is 2. The van der Waals surface area contributed by atoms with E-state index in [1.165, 1.54) is 0 Å². The molecule has 1 amide bonds. The molecular formula is C19H25N3O4. The molecule has 7 nitrogen and oxygen atoms in total. The molecule has 1 aliphatic rings. The van der Waals surface area contributed by atoms with Crippen molar-refractivity contribution in [3.05, 3.63) is 24.1 Å².